The van der Waals surface area contributed by atoms with E-state index in [4.69, 9.17) is 4.74 Å². The average molecular weight is 276 g/mol. The molecule has 1 aliphatic rings. The summed E-state index contributed by atoms with van der Waals surface area (Å²) in [5.74, 6) is 1.07. The van der Waals surface area contributed by atoms with Gasteiger partial charge in [0.2, 0.25) is 5.91 Å². The van der Waals surface area contributed by atoms with Gasteiger partial charge in [-0.25, -0.2) is 0 Å². The standard InChI is InChI=1S/C16H24N2O2/c1-3-4-8-18-16(19)12-7-9-17-15-6-5-14(20-2)11-13(15)10-12/h5-6,11-12,17H,3-4,7-10H2,1-2H3,(H,18,19). The molecule has 0 saturated heterocycles. The van der Waals surface area contributed by atoms with Crippen LogP contribution in [0.3, 0.4) is 0 Å². The molecule has 110 valence electrons. The quantitative estimate of drug-likeness (QED) is 0.813. The molecule has 1 amide bonds. The molecule has 0 saturated carbocycles. The number of carbonyl (C=O) groups is 1. The highest BCUT2D eigenvalue weighted by Gasteiger charge is 2.22. The van der Waals surface area contributed by atoms with Crippen LogP contribution in [0.2, 0.25) is 0 Å². The molecule has 2 rings (SSSR count). The predicted octanol–water partition coefficient (Wildman–Crippen LogP) is 2.59. The maximum absolute atomic E-state index is 12.2. The van der Waals surface area contributed by atoms with Crippen molar-refractivity contribution in [1.29, 1.82) is 0 Å². The summed E-state index contributed by atoms with van der Waals surface area (Å²) in [5, 5.41) is 6.44. The highest BCUT2D eigenvalue weighted by atomic mass is 16.5. The number of amides is 1. The first-order valence-corrected chi connectivity index (χ1v) is 7.43. The molecule has 1 atom stereocenters. The van der Waals surface area contributed by atoms with Crippen molar-refractivity contribution >= 4 is 11.6 Å². The van der Waals surface area contributed by atoms with E-state index in [9.17, 15) is 4.79 Å². The molecule has 0 aliphatic carbocycles. The van der Waals surface area contributed by atoms with Gasteiger partial charge in [-0.15, -0.1) is 0 Å². The zero-order chi connectivity index (χ0) is 14.4. The lowest BCUT2D eigenvalue weighted by Crippen LogP contribution is -2.32. The predicted molar refractivity (Wildman–Crippen MR) is 81.2 cm³/mol. The van der Waals surface area contributed by atoms with Crippen LogP contribution >= 0.6 is 0 Å². The second-order valence-corrected chi connectivity index (χ2v) is 5.28. The maximum Gasteiger partial charge on any atom is 0.223 e. The Morgan fingerprint density at radius 3 is 3.10 bits per heavy atom. The molecule has 0 radical (unpaired) electrons. The van der Waals surface area contributed by atoms with Crippen LogP contribution in [-0.2, 0) is 11.2 Å². The van der Waals surface area contributed by atoms with Crippen LogP contribution in [0.1, 0.15) is 31.7 Å². The number of ether oxygens (including phenoxy) is 1. The molecular weight excluding hydrogens is 252 g/mol. The van der Waals surface area contributed by atoms with Crippen LogP contribution in [0.25, 0.3) is 0 Å². The Kier molecular flexibility index (Phi) is 5.27. The minimum Gasteiger partial charge on any atom is -0.497 e. The van der Waals surface area contributed by atoms with Gasteiger partial charge in [0.1, 0.15) is 5.75 Å². The maximum atomic E-state index is 12.2. The molecule has 4 nitrogen and oxygen atoms in total. The summed E-state index contributed by atoms with van der Waals surface area (Å²) in [6.07, 6.45) is 3.79. The Morgan fingerprint density at radius 1 is 1.50 bits per heavy atom. The minimum atomic E-state index is 0.0488. The smallest absolute Gasteiger partial charge is 0.223 e. The molecule has 1 aliphatic heterocycles. The van der Waals surface area contributed by atoms with Gasteiger partial charge in [-0.2, -0.15) is 0 Å². The second kappa shape index (κ2) is 7.17. The van der Waals surface area contributed by atoms with E-state index >= 15 is 0 Å². The molecule has 2 N–H and O–H groups in total. The summed E-state index contributed by atoms with van der Waals surface area (Å²) in [6, 6.07) is 6.01. The van der Waals surface area contributed by atoms with E-state index in [1.807, 2.05) is 18.2 Å². The number of anilines is 1. The summed E-state index contributed by atoms with van der Waals surface area (Å²) in [4.78, 5) is 12.2. The number of unbranched alkanes of at least 4 members (excludes halogenated alkanes) is 1. The van der Waals surface area contributed by atoms with Gasteiger partial charge in [-0.3, -0.25) is 4.79 Å². The number of benzene rings is 1. The van der Waals surface area contributed by atoms with Gasteiger partial charge < -0.3 is 15.4 Å². The van der Waals surface area contributed by atoms with Crippen molar-refractivity contribution in [2.75, 3.05) is 25.5 Å². The zero-order valence-electron chi connectivity index (χ0n) is 12.4. The van der Waals surface area contributed by atoms with E-state index in [0.717, 1.165) is 55.8 Å². The van der Waals surface area contributed by atoms with Crippen molar-refractivity contribution in [2.45, 2.75) is 32.6 Å². The van der Waals surface area contributed by atoms with Gasteiger partial charge >= 0.3 is 0 Å². The van der Waals surface area contributed by atoms with Crippen molar-refractivity contribution in [3.63, 3.8) is 0 Å². The lowest BCUT2D eigenvalue weighted by molar-refractivity contribution is -0.125. The highest BCUT2D eigenvalue weighted by Crippen LogP contribution is 2.28. The summed E-state index contributed by atoms with van der Waals surface area (Å²) >= 11 is 0. The lowest BCUT2D eigenvalue weighted by Gasteiger charge is -2.14. The van der Waals surface area contributed by atoms with E-state index in [-0.39, 0.29) is 11.8 Å². The van der Waals surface area contributed by atoms with Crippen molar-refractivity contribution in [2.24, 2.45) is 5.92 Å². The summed E-state index contributed by atoms with van der Waals surface area (Å²) in [5.41, 5.74) is 2.28. The Balaban J connectivity index is 2.04. The van der Waals surface area contributed by atoms with E-state index in [0.29, 0.717) is 0 Å². The number of hydrogen-bond acceptors (Lipinski definition) is 3. The van der Waals surface area contributed by atoms with E-state index in [1.54, 1.807) is 7.11 Å². The fraction of sp³-hybridized carbons (Fsp3) is 0.562. The summed E-state index contributed by atoms with van der Waals surface area (Å²) in [7, 11) is 1.67. The largest absolute Gasteiger partial charge is 0.497 e. The highest BCUT2D eigenvalue weighted by molar-refractivity contribution is 5.79. The third-order valence-electron chi connectivity index (χ3n) is 3.79. The number of hydrogen-bond donors (Lipinski definition) is 2. The van der Waals surface area contributed by atoms with E-state index in [2.05, 4.69) is 17.6 Å². The van der Waals surface area contributed by atoms with Gasteiger partial charge in [0.25, 0.3) is 0 Å². The number of methoxy groups -OCH3 is 1. The third kappa shape index (κ3) is 3.65. The first-order valence-electron chi connectivity index (χ1n) is 7.43. The molecule has 1 aromatic carbocycles. The number of nitrogens with one attached hydrogen (secondary N) is 2. The SMILES string of the molecule is CCCCNC(=O)C1CCNc2ccc(OC)cc2C1. The van der Waals surface area contributed by atoms with E-state index in [1.165, 1.54) is 0 Å². The Labute approximate surface area is 120 Å². The van der Waals surface area contributed by atoms with E-state index < -0.39 is 0 Å². The van der Waals surface area contributed by atoms with Crippen molar-refractivity contribution in [1.82, 2.24) is 5.32 Å². The Morgan fingerprint density at radius 2 is 2.35 bits per heavy atom. The Hall–Kier alpha value is -1.71. The number of carbonyl (C=O) groups excluding carboxylic acids is 1. The van der Waals surface area contributed by atoms with Crippen LogP contribution in [0.5, 0.6) is 5.75 Å². The van der Waals surface area contributed by atoms with Gasteiger partial charge in [0.05, 0.1) is 7.11 Å². The van der Waals surface area contributed by atoms with Gasteiger partial charge in [-0.05, 0) is 43.0 Å². The molecule has 0 fully saturated rings. The van der Waals surface area contributed by atoms with Crippen LogP contribution in [0.4, 0.5) is 5.69 Å². The van der Waals surface area contributed by atoms with Gasteiger partial charge in [-0.1, -0.05) is 13.3 Å². The first kappa shape index (κ1) is 14.7. The number of rotatable bonds is 5. The molecular formula is C16H24N2O2. The topological polar surface area (TPSA) is 50.4 Å². The minimum absolute atomic E-state index is 0.0488. The molecule has 0 bridgehead atoms. The molecule has 1 aromatic rings. The van der Waals surface area contributed by atoms with Crippen molar-refractivity contribution < 1.29 is 9.53 Å². The molecule has 0 aromatic heterocycles. The average Bonchev–Trinajstić information content (AvgIpc) is 2.68. The summed E-state index contributed by atoms with van der Waals surface area (Å²) < 4.78 is 5.27. The van der Waals surface area contributed by atoms with Crippen LogP contribution < -0.4 is 15.4 Å². The molecule has 0 spiro atoms. The Bertz CT molecular complexity index is 460. The number of fused-ring (bicyclic) bond motifs is 1. The molecule has 4 heteroatoms. The van der Waals surface area contributed by atoms with Crippen molar-refractivity contribution in [3.05, 3.63) is 23.8 Å². The fourth-order valence-electron chi connectivity index (χ4n) is 2.54. The van der Waals surface area contributed by atoms with Crippen LogP contribution in [0.15, 0.2) is 18.2 Å². The lowest BCUT2D eigenvalue weighted by atomic mass is 9.96. The second-order valence-electron chi connectivity index (χ2n) is 5.28. The third-order valence-corrected chi connectivity index (χ3v) is 3.79. The van der Waals surface area contributed by atoms with Gasteiger partial charge in [0, 0.05) is 24.7 Å². The first-order chi connectivity index (χ1) is 9.74. The monoisotopic (exact) mass is 276 g/mol. The molecule has 1 heterocycles. The zero-order valence-corrected chi connectivity index (χ0v) is 12.4. The normalized spacial score (nSPS) is 17.6. The molecule has 1 unspecified atom stereocenters. The van der Waals surface area contributed by atoms with Crippen LogP contribution in [0, 0.1) is 5.92 Å². The fourth-order valence-corrected chi connectivity index (χ4v) is 2.54. The van der Waals surface area contributed by atoms with Crippen LogP contribution in [-0.4, -0.2) is 26.1 Å². The summed E-state index contributed by atoms with van der Waals surface area (Å²) in [6.45, 7) is 3.75. The van der Waals surface area contributed by atoms with Gasteiger partial charge in [0.15, 0.2) is 0 Å². The van der Waals surface area contributed by atoms with Crippen molar-refractivity contribution in [3.8, 4) is 5.75 Å². The molecule has 20 heavy (non-hydrogen) atoms.